The Balaban J connectivity index is 2.19. The van der Waals surface area contributed by atoms with Crippen LogP contribution >= 0.6 is 12.2 Å². The number of nitrogens with zero attached hydrogens (tertiary/aromatic N) is 3. The molecule has 3 rings (SSSR count). The molecule has 0 radical (unpaired) electrons. The van der Waals surface area contributed by atoms with E-state index in [1.807, 2.05) is 0 Å². The van der Waals surface area contributed by atoms with Crippen molar-refractivity contribution in [3.8, 4) is 0 Å². The first-order chi connectivity index (χ1) is 13.3. The maximum Gasteiger partial charge on any atom is 0.314 e. The highest BCUT2D eigenvalue weighted by molar-refractivity contribution is 7.80. The second-order valence-electron chi connectivity index (χ2n) is 6.19. The summed E-state index contributed by atoms with van der Waals surface area (Å²) in [5.74, 6) is -2.92. The number of non-ortho nitro benzene ring substituents is 1. The van der Waals surface area contributed by atoms with Crippen LogP contribution in [-0.4, -0.2) is 37.6 Å². The van der Waals surface area contributed by atoms with Gasteiger partial charge in [0.1, 0.15) is 5.92 Å². The van der Waals surface area contributed by atoms with Crippen LogP contribution in [0, 0.1) is 16.0 Å². The van der Waals surface area contributed by atoms with Crippen LogP contribution in [0.5, 0.6) is 0 Å². The van der Waals surface area contributed by atoms with E-state index >= 15 is 0 Å². The molecule has 1 amide bonds. The predicted molar refractivity (Wildman–Crippen MR) is 105 cm³/mol. The van der Waals surface area contributed by atoms with E-state index in [1.54, 1.807) is 36.4 Å². The summed E-state index contributed by atoms with van der Waals surface area (Å²) < 4.78 is 0. The molecule has 1 aliphatic heterocycles. The third-order valence-corrected chi connectivity index (χ3v) is 4.74. The van der Waals surface area contributed by atoms with Gasteiger partial charge in [-0.25, -0.2) is 4.99 Å². The highest BCUT2D eigenvalue weighted by atomic mass is 32.1. The Bertz CT molecular complexity index is 1010. The number of carboxylic acid groups (broad SMARTS) is 1. The van der Waals surface area contributed by atoms with E-state index in [0.717, 1.165) is 4.90 Å². The Morgan fingerprint density at radius 1 is 1.18 bits per heavy atom. The number of aliphatic carboxylic acids is 1. The second-order valence-corrected chi connectivity index (χ2v) is 6.55. The number of amides is 1. The molecule has 8 nitrogen and oxygen atoms in total. The lowest BCUT2D eigenvalue weighted by atomic mass is 9.86. The number of rotatable bonds is 4. The van der Waals surface area contributed by atoms with Crippen molar-refractivity contribution < 1.29 is 19.6 Å². The van der Waals surface area contributed by atoms with Gasteiger partial charge in [0.05, 0.1) is 11.0 Å². The van der Waals surface area contributed by atoms with Crippen molar-refractivity contribution in [2.45, 2.75) is 13.0 Å². The maximum atomic E-state index is 13.1. The molecular weight excluding hydrogens is 382 g/mol. The SMILES string of the molecule is CC1=NC(=S)N(C(=O)c2ccccc2)C(c2cccc([N+](=O)[O-])c2)C1C(=O)O. The average molecular weight is 397 g/mol. The fourth-order valence-corrected chi connectivity index (χ4v) is 3.52. The number of aliphatic imine (C=N–C) groups is 1. The molecule has 0 spiro atoms. The number of nitro benzene ring substituents is 1. The zero-order chi connectivity index (χ0) is 20.4. The van der Waals surface area contributed by atoms with Gasteiger partial charge >= 0.3 is 5.97 Å². The Labute approximate surface area is 165 Å². The zero-order valence-electron chi connectivity index (χ0n) is 14.7. The van der Waals surface area contributed by atoms with Gasteiger partial charge in [0.25, 0.3) is 11.6 Å². The monoisotopic (exact) mass is 397 g/mol. The molecule has 2 aromatic carbocycles. The van der Waals surface area contributed by atoms with Gasteiger partial charge in [-0.1, -0.05) is 30.3 Å². The summed E-state index contributed by atoms with van der Waals surface area (Å²) in [6, 6.07) is 12.7. The number of nitro groups is 1. The smallest absolute Gasteiger partial charge is 0.314 e. The van der Waals surface area contributed by atoms with E-state index in [2.05, 4.69) is 4.99 Å². The summed E-state index contributed by atoms with van der Waals surface area (Å²) in [7, 11) is 0. The summed E-state index contributed by atoms with van der Waals surface area (Å²) in [4.78, 5) is 40.9. The zero-order valence-corrected chi connectivity index (χ0v) is 15.5. The molecule has 28 heavy (non-hydrogen) atoms. The minimum Gasteiger partial charge on any atom is -0.481 e. The molecule has 9 heteroatoms. The summed E-state index contributed by atoms with van der Waals surface area (Å²) in [5, 5.41) is 20.9. The Morgan fingerprint density at radius 3 is 2.46 bits per heavy atom. The van der Waals surface area contributed by atoms with Gasteiger partial charge in [-0.3, -0.25) is 24.6 Å². The first-order valence-corrected chi connectivity index (χ1v) is 8.67. The lowest BCUT2D eigenvalue weighted by Gasteiger charge is -2.38. The molecule has 1 N–H and O–H groups in total. The van der Waals surface area contributed by atoms with Crippen LogP contribution in [0.3, 0.4) is 0 Å². The second kappa shape index (κ2) is 7.65. The number of hydrogen-bond acceptors (Lipinski definition) is 5. The molecule has 1 aliphatic rings. The van der Waals surface area contributed by atoms with Gasteiger partial charge in [-0.15, -0.1) is 0 Å². The summed E-state index contributed by atoms with van der Waals surface area (Å²) in [6.45, 7) is 1.51. The molecule has 2 atom stereocenters. The fraction of sp³-hybridized carbons (Fsp3) is 0.158. The first-order valence-electron chi connectivity index (χ1n) is 8.26. The molecule has 0 aliphatic carbocycles. The molecular formula is C19H15N3O5S. The minimum atomic E-state index is -1.20. The van der Waals surface area contributed by atoms with Crippen LogP contribution < -0.4 is 0 Å². The van der Waals surface area contributed by atoms with Gasteiger partial charge in [0, 0.05) is 23.4 Å². The topological polar surface area (TPSA) is 113 Å². The third kappa shape index (κ3) is 3.52. The normalized spacial score (nSPS) is 19.1. The van der Waals surface area contributed by atoms with Gasteiger partial charge in [-0.05, 0) is 36.8 Å². The molecule has 1 heterocycles. The van der Waals surface area contributed by atoms with Crippen molar-refractivity contribution in [2.75, 3.05) is 0 Å². The maximum absolute atomic E-state index is 13.1. The number of hydrogen-bond donors (Lipinski definition) is 1. The summed E-state index contributed by atoms with van der Waals surface area (Å²) >= 11 is 5.27. The quantitative estimate of drug-likeness (QED) is 0.481. The first kappa shape index (κ1) is 19.3. The van der Waals surface area contributed by atoms with Gasteiger partial charge in [0.2, 0.25) is 5.11 Å². The van der Waals surface area contributed by atoms with Crippen molar-refractivity contribution in [1.82, 2.24) is 4.90 Å². The summed E-state index contributed by atoms with van der Waals surface area (Å²) in [5.41, 5.74) is 0.618. The number of thiocarbonyl (C=S) groups is 1. The summed E-state index contributed by atoms with van der Waals surface area (Å²) in [6.07, 6.45) is 0. The molecule has 2 aromatic rings. The van der Waals surface area contributed by atoms with Crippen molar-refractivity contribution >= 4 is 40.6 Å². The molecule has 142 valence electrons. The standard InChI is InChI=1S/C19H15N3O5S/c1-11-15(18(24)25)16(13-8-5-9-14(10-13)22(26)27)21(19(28)20-11)17(23)12-6-3-2-4-7-12/h2-10,15-16H,1H3,(H,24,25). The fourth-order valence-electron chi connectivity index (χ4n) is 3.18. The number of carboxylic acids is 1. The van der Waals surface area contributed by atoms with Gasteiger partial charge < -0.3 is 5.11 Å². The van der Waals surface area contributed by atoms with Crippen molar-refractivity contribution in [2.24, 2.45) is 10.9 Å². The highest BCUT2D eigenvalue weighted by Crippen LogP contribution is 2.36. The van der Waals surface area contributed by atoms with Crippen molar-refractivity contribution in [1.29, 1.82) is 0 Å². The van der Waals surface area contributed by atoms with Crippen LogP contribution in [0.1, 0.15) is 28.9 Å². The molecule has 0 saturated carbocycles. The van der Waals surface area contributed by atoms with E-state index in [4.69, 9.17) is 12.2 Å². The molecule has 2 unspecified atom stereocenters. The van der Waals surface area contributed by atoms with E-state index in [9.17, 15) is 24.8 Å². The Morgan fingerprint density at radius 2 is 1.86 bits per heavy atom. The van der Waals surface area contributed by atoms with Gasteiger partial charge in [-0.2, -0.15) is 0 Å². The van der Waals surface area contributed by atoms with Crippen LogP contribution in [0.25, 0.3) is 0 Å². The third-order valence-electron chi connectivity index (χ3n) is 4.45. The predicted octanol–water partition coefficient (Wildman–Crippen LogP) is 3.24. The van der Waals surface area contributed by atoms with Crippen LogP contribution in [0.15, 0.2) is 59.6 Å². The Kier molecular flexibility index (Phi) is 5.27. The highest BCUT2D eigenvalue weighted by Gasteiger charge is 2.44. The molecule has 0 saturated heterocycles. The van der Waals surface area contributed by atoms with E-state index in [-0.39, 0.29) is 16.5 Å². The van der Waals surface area contributed by atoms with Crippen molar-refractivity contribution in [3.05, 3.63) is 75.8 Å². The van der Waals surface area contributed by atoms with E-state index in [0.29, 0.717) is 11.1 Å². The van der Waals surface area contributed by atoms with E-state index < -0.39 is 28.8 Å². The average Bonchev–Trinajstić information content (AvgIpc) is 2.67. The van der Waals surface area contributed by atoms with Crippen molar-refractivity contribution in [3.63, 3.8) is 0 Å². The number of carbonyl (C=O) groups excluding carboxylic acids is 1. The van der Waals surface area contributed by atoms with Crippen LogP contribution in [0.2, 0.25) is 0 Å². The molecule has 0 fully saturated rings. The lowest BCUT2D eigenvalue weighted by Crippen LogP contribution is -2.49. The van der Waals surface area contributed by atoms with Crippen LogP contribution in [0.4, 0.5) is 5.69 Å². The Hall–Kier alpha value is -3.46. The molecule has 0 bridgehead atoms. The van der Waals surface area contributed by atoms with E-state index in [1.165, 1.54) is 25.1 Å². The number of benzene rings is 2. The molecule has 0 aromatic heterocycles. The number of carbonyl (C=O) groups is 2. The van der Waals surface area contributed by atoms with Gasteiger partial charge in [0.15, 0.2) is 0 Å². The lowest BCUT2D eigenvalue weighted by molar-refractivity contribution is -0.385. The van der Waals surface area contributed by atoms with Crippen LogP contribution in [-0.2, 0) is 4.79 Å². The minimum absolute atomic E-state index is 0.0830. The largest absolute Gasteiger partial charge is 0.481 e.